The lowest BCUT2D eigenvalue weighted by molar-refractivity contribution is 0.0925. The van der Waals surface area contributed by atoms with Crippen molar-refractivity contribution in [1.82, 2.24) is 0 Å². The van der Waals surface area contributed by atoms with Crippen molar-refractivity contribution < 1.29 is 9.53 Å². The first-order valence-corrected chi connectivity index (χ1v) is 6.74. The van der Waals surface area contributed by atoms with E-state index in [1.807, 2.05) is 25.1 Å². The Morgan fingerprint density at radius 2 is 2.00 bits per heavy atom. The van der Waals surface area contributed by atoms with E-state index in [9.17, 15) is 4.79 Å². The SMILES string of the molecule is COc1ccc(C(=O)C(C)CCN)cc1C(C)(C)C. The Morgan fingerprint density at radius 1 is 1.37 bits per heavy atom. The predicted molar refractivity (Wildman–Crippen MR) is 78.9 cm³/mol. The summed E-state index contributed by atoms with van der Waals surface area (Å²) < 4.78 is 5.38. The third-order valence-corrected chi connectivity index (χ3v) is 3.34. The monoisotopic (exact) mass is 263 g/mol. The number of hydrogen-bond donors (Lipinski definition) is 1. The first-order valence-electron chi connectivity index (χ1n) is 6.74. The van der Waals surface area contributed by atoms with Gasteiger partial charge in [0, 0.05) is 17.0 Å². The number of rotatable bonds is 5. The number of Topliss-reactive ketones (excluding diaryl/α,β-unsaturated/α-hetero) is 1. The molecule has 0 radical (unpaired) electrons. The van der Waals surface area contributed by atoms with Gasteiger partial charge in [0.15, 0.2) is 5.78 Å². The molecule has 1 unspecified atom stereocenters. The van der Waals surface area contributed by atoms with Crippen LogP contribution in [0.15, 0.2) is 18.2 Å². The molecule has 0 heterocycles. The second-order valence-corrected chi connectivity index (χ2v) is 6.01. The summed E-state index contributed by atoms with van der Waals surface area (Å²) >= 11 is 0. The molecule has 0 saturated carbocycles. The fourth-order valence-electron chi connectivity index (χ4n) is 2.11. The van der Waals surface area contributed by atoms with Crippen LogP contribution in [-0.4, -0.2) is 19.4 Å². The van der Waals surface area contributed by atoms with Gasteiger partial charge in [-0.25, -0.2) is 0 Å². The Labute approximate surface area is 116 Å². The minimum absolute atomic E-state index is 0.0359. The van der Waals surface area contributed by atoms with Gasteiger partial charge in [0.1, 0.15) is 5.75 Å². The van der Waals surface area contributed by atoms with E-state index in [0.29, 0.717) is 6.54 Å². The molecule has 1 atom stereocenters. The smallest absolute Gasteiger partial charge is 0.165 e. The number of ether oxygens (including phenoxy) is 1. The van der Waals surface area contributed by atoms with Gasteiger partial charge in [0.2, 0.25) is 0 Å². The van der Waals surface area contributed by atoms with Crippen molar-refractivity contribution in [3.63, 3.8) is 0 Å². The van der Waals surface area contributed by atoms with Crippen molar-refractivity contribution in [2.75, 3.05) is 13.7 Å². The number of carbonyl (C=O) groups excluding carboxylic acids is 1. The maximum atomic E-state index is 12.3. The number of benzene rings is 1. The summed E-state index contributed by atoms with van der Waals surface area (Å²) in [6.07, 6.45) is 0.718. The summed E-state index contributed by atoms with van der Waals surface area (Å²) in [5, 5.41) is 0. The quantitative estimate of drug-likeness (QED) is 0.830. The van der Waals surface area contributed by atoms with Crippen LogP contribution < -0.4 is 10.5 Å². The molecular formula is C16H25NO2. The normalized spacial score (nSPS) is 13.2. The number of hydrogen-bond acceptors (Lipinski definition) is 3. The Balaban J connectivity index is 3.15. The fourth-order valence-corrected chi connectivity index (χ4v) is 2.11. The molecule has 3 nitrogen and oxygen atoms in total. The molecule has 106 valence electrons. The van der Waals surface area contributed by atoms with Crippen molar-refractivity contribution in [1.29, 1.82) is 0 Å². The second kappa shape index (κ2) is 6.20. The van der Waals surface area contributed by atoms with Gasteiger partial charge in [-0.05, 0) is 36.6 Å². The standard InChI is InChI=1S/C16H25NO2/c1-11(8-9-17)15(18)12-6-7-14(19-5)13(10-12)16(2,3)4/h6-7,10-11H,8-9,17H2,1-5H3. The van der Waals surface area contributed by atoms with Gasteiger partial charge in [-0.2, -0.15) is 0 Å². The second-order valence-electron chi connectivity index (χ2n) is 6.01. The van der Waals surface area contributed by atoms with Crippen LogP contribution in [0.5, 0.6) is 5.75 Å². The van der Waals surface area contributed by atoms with E-state index in [1.54, 1.807) is 7.11 Å². The van der Waals surface area contributed by atoms with E-state index in [2.05, 4.69) is 20.8 Å². The van der Waals surface area contributed by atoms with Crippen molar-refractivity contribution in [2.45, 2.75) is 39.5 Å². The molecule has 19 heavy (non-hydrogen) atoms. The summed E-state index contributed by atoms with van der Waals surface area (Å²) in [6, 6.07) is 5.67. The van der Waals surface area contributed by atoms with Crippen LogP contribution in [0.4, 0.5) is 0 Å². The Morgan fingerprint density at radius 3 is 2.47 bits per heavy atom. The van der Waals surface area contributed by atoms with Gasteiger partial charge >= 0.3 is 0 Å². The summed E-state index contributed by atoms with van der Waals surface area (Å²) in [4.78, 5) is 12.3. The minimum atomic E-state index is -0.0568. The molecule has 0 amide bonds. The van der Waals surface area contributed by atoms with Crippen LogP contribution >= 0.6 is 0 Å². The predicted octanol–water partition coefficient (Wildman–Crippen LogP) is 3.16. The first kappa shape index (κ1) is 15.7. The van der Waals surface area contributed by atoms with Crippen molar-refractivity contribution in [3.05, 3.63) is 29.3 Å². The number of carbonyl (C=O) groups is 1. The summed E-state index contributed by atoms with van der Waals surface area (Å²) in [5.74, 6) is 0.945. The summed E-state index contributed by atoms with van der Waals surface area (Å²) in [6.45, 7) is 8.80. The maximum Gasteiger partial charge on any atom is 0.165 e. The van der Waals surface area contributed by atoms with Crippen LogP contribution in [0, 0.1) is 5.92 Å². The highest BCUT2D eigenvalue weighted by molar-refractivity contribution is 5.98. The molecule has 1 aromatic rings. The average Bonchev–Trinajstić information content (AvgIpc) is 2.36. The highest BCUT2D eigenvalue weighted by atomic mass is 16.5. The van der Waals surface area contributed by atoms with Gasteiger partial charge in [-0.15, -0.1) is 0 Å². The van der Waals surface area contributed by atoms with Gasteiger partial charge < -0.3 is 10.5 Å². The van der Waals surface area contributed by atoms with Crippen LogP contribution in [0.25, 0.3) is 0 Å². The Kier molecular flexibility index (Phi) is 5.12. The van der Waals surface area contributed by atoms with E-state index in [1.165, 1.54) is 0 Å². The van der Waals surface area contributed by atoms with E-state index in [4.69, 9.17) is 10.5 Å². The van der Waals surface area contributed by atoms with Crippen LogP contribution in [-0.2, 0) is 5.41 Å². The van der Waals surface area contributed by atoms with Crippen molar-refractivity contribution in [2.24, 2.45) is 11.7 Å². The molecule has 0 aliphatic rings. The van der Waals surface area contributed by atoms with E-state index in [-0.39, 0.29) is 17.1 Å². The van der Waals surface area contributed by atoms with E-state index >= 15 is 0 Å². The van der Waals surface area contributed by atoms with Crippen LogP contribution in [0.2, 0.25) is 0 Å². The van der Waals surface area contributed by atoms with E-state index < -0.39 is 0 Å². The molecule has 0 fully saturated rings. The third-order valence-electron chi connectivity index (χ3n) is 3.34. The molecule has 0 aromatic heterocycles. The zero-order valence-corrected chi connectivity index (χ0v) is 12.6. The largest absolute Gasteiger partial charge is 0.496 e. The Hall–Kier alpha value is -1.35. The molecule has 0 bridgehead atoms. The lowest BCUT2D eigenvalue weighted by Gasteiger charge is -2.23. The van der Waals surface area contributed by atoms with E-state index in [0.717, 1.165) is 23.3 Å². The lowest BCUT2D eigenvalue weighted by Crippen LogP contribution is -2.18. The van der Waals surface area contributed by atoms with Gasteiger partial charge in [-0.1, -0.05) is 27.7 Å². The molecule has 0 aliphatic carbocycles. The van der Waals surface area contributed by atoms with Gasteiger partial charge in [-0.3, -0.25) is 4.79 Å². The third kappa shape index (κ3) is 3.80. The number of nitrogens with two attached hydrogens (primary N) is 1. The molecule has 0 spiro atoms. The molecule has 3 heteroatoms. The summed E-state index contributed by atoms with van der Waals surface area (Å²) in [5.41, 5.74) is 7.26. The topological polar surface area (TPSA) is 52.3 Å². The van der Waals surface area contributed by atoms with Crippen LogP contribution in [0.3, 0.4) is 0 Å². The van der Waals surface area contributed by atoms with Crippen molar-refractivity contribution >= 4 is 5.78 Å². The molecule has 2 N–H and O–H groups in total. The van der Waals surface area contributed by atoms with Gasteiger partial charge in [0.05, 0.1) is 7.11 Å². The minimum Gasteiger partial charge on any atom is -0.496 e. The molecular weight excluding hydrogens is 238 g/mol. The highest BCUT2D eigenvalue weighted by Crippen LogP contribution is 2.32. The van der Waals surface area contributed by atoms with Gasteiger partial charge in [0.25, 0.3) is 0 Å². The average molecular weight is 263 g/mol. The molecule has 1 rings (SSSR count). The lowest BCUT2D eigenvalue weighted by atomic mass is 9.84. The van der Waals surface area contributed by atoms with Crippen LogP contribution in [0.1, 0.15) is 50.0 Å². The summed E-state index contributed by atoms with van der Waals surface area (Å²) in [7, 11) is 1.66. The zero-order valence-electron chi connectivity index (χ0n) is 12.6. The molecule has 0 aliphatic heterocycles. The maximum absolute atomic E-state index is 12.3. The number of methoxy groups -OCH3 is 1. The van der Waals surface area contributed by atoms with Crippen molar-refractivity contribution in [3.8, 4) is 5.75 Å². The highest BCUT2D eigenvalue weighted by Gasteiger charge is 2.22. The molecule has 1 aromatic carbocycles. The first-order chi connectivity index (χ1) is 8.81. The zero-order chi connectivity index (χ0) is 14.6. The Bertz CT molecular complexity index is 447. The fraction of sp³-hybridized carbons (Fsp3) is 0.562. The number of ketones is 1. The molecule has 0 saturated heterocycles.